The number of carbonyl (C=O) groups is 1. The number of aromatic amines is 1. The third-order valence-electron chi connectivity index (χ3n) is 3.39. The number of carboxylic acids is 1. The number of nitrogens with one attached hydrogen (secondary N) is 1. The highest BCUT2D eigenvalue weighted by molar-refractivity contribution is 5.71. The van der Waals surface area contributed by atoms with E-state index in [-0.39, 0.29) is 5.92 Å². The number of rotatable bonds is 7. The Morgan fingerprint density at radius 1 is 1.35 bits per heavy atom. The van der Waals surface area contributed by atoms with Crippen molar-refractivity contribution in [3.05, 3.63) is 41.7 Å². The summed E-state index contributed by atoms with van der Waals surface area (Å²) >= 11 is 0. The summed E-state index contributed by atoms with van der Waals surface area (Å²) < 4.78 is 0. The highest BCUT2D eigenvalue weighted by Crippen LogP contribution is 2.29. The van der Waals surface area contributed by atoms with Gasteiger partial charge in [-0.2, -0.15) is 5.21 Å². The second-order valence-corrected chi connectivity index (χ2v) is 4.80. The molecule has 0 radical (unpaired) electrons. The zero-order valence-corrected chi connectivity index (χ0v) is 11.4. The van der Waals surface area contributed by atoms with Crippen LogP contribution < -0.4 is 0 Å². The smallest absolute Gasteiger partial charge is 0.307 e. The van der Waals surface area contributed by atoms with E-state index in [1.807, 2.05) is 37.3 Å². The fourth-order valence-corrected chi connectivity index (χ4v) is 2.42. The summed E-state index contributed by atoms with van der Waals surface area (Å²) in [4.78, 5) is 11.5. The fraction of sp³-hybridized carbons (Fsp3) is 0.429. The Bertz CT molecular complexity index is 527. The predicted molar refractivity (Wildman–Crippen MR) is 73.1 cm³/mol. The molecule has 0 amide bonds. The molecule has 106 valence electrons. The first-order valence-electron chi connectivity index (χ1n) is 6.72. The maximum atomic E-state index is 11.5. The van der Waals surface area contributed by atoms with Gasteiger partial charge in [0.05, 0.1) is 5.92 Å². The number of benzene rings is 1. The van der Waals surface area contributed by atoms with Gasteiger partial charge in [0, 0.05) is 5.92 Å². The molecule has 1 aromatic heterocycles. The molecule has 0 saturated heterocycles. The van der Waals surface area contributed by atoms with Crippen LogP contribution in [-0.4, -0.2) is 31.7 Å². The summed E-state index contributed by atoms with van der Waals surface area (Å²) in [7, 11) is 0. The van der Waals surface area contributed by atoms with Crippen LogP contribution in [0.25, 0.3) is 0 Å². The molecule has 1 heterocycles. The Labute approximate surface area is 117 Å². The zero-order chi connectivity index (χ0) is 14.4. The van der Waals surface area contributed by atoms with Gasteiger partial charge in [-0.25, -0.2) is 0 Å². The number of aliphatic carboxylic acids is 1. The molecule has 0 spiro atoms. The van der Waals surface area contributed by atoms with Crippen LogP contribution in [-0.2, 0) is 11.2 Å². The van der Waals surface area contributed by atoms with Gasteiger partial charge in [0.1, 0.15) is 0 Å². The van der Waals surface area contributed by atoms with E-state index in [9.17, 15) is 9.90 Å². The second-order valence-electron chi connectivity index (χ2n) is 4.80. The molecule has 6 nitrogen and oxygen atoms in total. The molecular weight excluding hydrogens is 256 g/mol. The first-order chi connectivity index (χ1) is 9.72. The Morgan fingerprint density at radius 2 is 2.10 bits per heavy atom. The molecule has 2 rings (SSSR count). The van der Waals surface area contributed by atoms with Crippen LogP contribution in [0.1, 0.15) is 37.1 Å². The van der Waals surface area contributed by atoms with Crippen molar-refractivity contribution in [1.29, 1.82) is 0 Å². The monoisotopic (exact) mass is 274 g/mol. The number of nitrogens with zero attached hydrogens (tertiary/aromatic N) is 3. The lowest BCUT2D eigenvalue weighted by atomic mass is 9.83. The van der Waals surface area contributed by atoms with E-state index < -0.39 is 11.9 Å². The minimum Gasteiger partial charge on any atom is -0.481 e. The van der Waals surface area contributed by atoms with Crippen molar-refractivity contribution in [2.45, 2.75) is 32.1 Å². The van der Waals surface area contributed by atoms with Gasteiger partial charge in [-0.3, -0.25) is 4.79 Å². The molecule has 0 bridgehead atoms. The number of carboxylic acid groups (broad SMARTS) is 1. The molecule has 2 N–H and O–H groups in total. The van der Waals surface area contributed by atoms with Crippen LogP contribution >= 0.6 is 0 Å². The minimum absolute atomic E-state index is 0.270. The number of aromatic nitrogens is 4. The lowest BCUT2D eigenvalue weighted by Crippen LogP contribution is -2.25. The lowest BCUT2D eigenvalue weighted by Gasteiger charge is -2.20. The maximum absolute atomic E-state index is 11.5. The lowest BCUT2D eigenvalue weighted by molar-refractivity contribution is -0.142. The van der Waals surface area contributed by atoms with Crippen LogP contribution in [0.2, 0.25) is 0 Å². The second kappa shape index (κ2) is 6.79. The van der Waals surface area contributed by atoms with Gasteiger partial charge in [-0.1, -0.05) is 48.9 Å². The van der Waals surface area contributed by atoms with Crippen LogP contribution in [0.15, 0.2) is 30.3 Å². The standard InChI is InChI=1S/C14H18N4O2/c1-2-6-11(14(19)20)12(13-15-17-18-16-13)9-10-7-4-3-5-8-10/h3-5,7-8,11-12H,2,6,9H2,1H3,(H,19,20)(H,15,16,17,18)/t11-,12+/m1/s1. The average Bonchev–Trinajstić information content (AvgIpc) is 2.97. The van der Waals surface area contributed by atoms with Crippen molar-refractivity contribution in [1.82, 2.24) is 20.6 Å². The van der Waals surface area contributed by atoms with E-state index in [4.69, 9.17) is 0 Å². The van der Waals surface area contributed by atoms with Gasteiger partial charge < -0.3 is 5.11 Å². The Balaban J connectivity index is 2.27. The third-order valence-corrected chi connectivity index (χ3v) is 3.39. The summed E-state index contributed by atoms with van der Waals surface area (Å²) in [5, 5.41) is 23.4. The van der Waals surface area contributed by atoms with E-state index >= 15 is 0 Å². The SMILES string of the molecule is CCC[C@@H](C(=O)O)[C@H](Cc1ccccc1)c1nn[nH]n1. The van der Waals surface area contributed by atoms with E-state index in [1.165, 1.54) is 0 Å². The molecular formula is C14H18N4O2. The molecule has 1 aromatic carbocycles. The number of hydrogen-bond acceptors (Lipinski definition) is 4. The summed E-state index contributed by atoms with van der Waals surface area (Å²) in [6.45, 7) is 1.98. The van der Waals surface area contributed by atoms with Crippen LogP contribution in [0.4, 0.5) is 0 Å². The van der Waals surface area contributed by atoms with Crippen molar-refractivity contribution in [2.75, 3.05) is 0 Å². The minimum atomic E-state index is -0.808. The molecule has 6 heteroatoms. The van der Waals surface area contributed by atoms with E-state index in [1.54, 1.807) is 0 Å². The number of tetrazole rings is 1. The van der Waals surface area contributed by atoms with Gasteiger partial charge in [-0.05, 0) is 18.4 Å². The molecule has 0 aliphatic rings. The molecule has 0 saturated carbocycles. The fourth-order valence-electron chi connectivity index (χ4n) is 2.42. The average molecular weight is 274 g/mol. The highest BCUT2D eigenvalue weighted by Gasteiger charge is 2.31. The molecule has 0 unspecified atom stereocenters. The highest BCUT2D eigenvalue weighted by atomic mass is 16.4. The van der Waals surface area contributed by atoms with Crippen molar-refractivity contribution in [2.24, 2.45) is 5.92 Å². The normalized spacial score (nSPS) is 13.8. The molecule has 2 aromatic rings. The number of H-pyrrole nitrogens is 1. The van der Waals surface area contributed by atoms with Crippen LogP contribution in [0, 0.1) is 5.92 Å². The summed E-state index contributed by atoms with van der Waals surface area (Å²) in [5.41, 5.74) is 1.07. The quantitative estimate of drug-likeness (QED) is 0.806. The number of hydrogen-bond donors (Lipinski definition) is 2. The Hall–Kier alpha value is -2.24. The summed E-state index contributed by atoms with van der Waals surface area (Å²) in [6, 6.07) is 9.79. The van der Waals surface area contributed by atoms with Gasteiger partial charge in [0.2, 0.25) is 0 Å². The largest absolute Gasteiger partial charge is 0.481 e. The van der Waals surface area contributed by atoms with Crippen molar-refractivity contribution in [3.8, 4) is 0 Å². The van der Waals surface area contributed by atoms with Gasteiger partial charge >= 0.3 is 5.97 Å². The van der Waals surface area contributed by atoms with E-state index in [0.29, 0.717) is 18.7 Å². The summed E-state index contributed by atoms with van der Waals surface area (Å²) in [5.74, 6) is -1.11. The molecule has 0 aliphatic heterocycles. The molecule has 20 heavy (non-hydrogen) atoms. The maximum Gasteiger partial charge on any atom is 0.307 e. The Kier molecular flexibility index (Phi) is 4.81. The van der Waals surface area contributed by atoms with Gasteiger partial charge in [0.25, 0.3) is 0 Å². The first-order valence-corrected chi connectivity index (χ1v) is 6.72. The summed E-state index contributed by atoms with van der Waals surface area (Å²) in [6.07, 6.45) is 2.00. The van der Waals surface area contributed by atoms with Crippen molar-refractivity contribution < 1.29 is 9.90 Å². The van der Waals surface area contributed by atoms with Gasteiger partial charge in [0.15, 0.2) is 5.82 Å². The third kappa shape index (κ3) is 3.40. The molecule has 2 atom stereocenters. The van der Waals surface area contributed by atoms with Crippen LogP contribution in [0.5, 0.6) is 0 Å². The van der Waals surface area contributed by atoms with E-state index in [2.05, 4.69) is 20.6 Å². The zero-order valence-electron chi connectivity index (χ0n) is 11.4. The first kappa shape index (κ1) is 14.2. The van der Waals surface area contributed by atoms with Gasteiger partial charge in [-0.15, -0.1) is 10.2 Å². The van der Waals surface area contributed by atoms with Crippen molar-refractivity contribution in [3.63, 3.8) is 0 Å². The van der Waals surface area contributed by atoms with E-state index in [0.717, 1.165) is 12.0 Å². The van der Waals surface area contributed by atoms with Crippen LogP contribution in [0.3, 0.4) is 0 Å². The van der Waals surface area contributed by atoms with Crippen molar-refractivity contribution >= 4 is 5.97 Å². The predicted octanol–water partition coefficient (Wildman–Crippen LogP) is 2.03. The molecule has 0 aliphatic carbocycles. The molecule has 0 fully saturated rings. The Morgan fingerprint density at radius 3 is 2.65 bits per heavy atom. The topological polar surface area (TPSA) is 91.8 Å².